The van der Waals surface area contributed by atoms with Crippen LogP contribution in [0, 0.1) is 5.82 Å². The van der Waals surface area contributed by atoms with Gasteiger partial charge in [0.25, 0.3) is 0 Å². The van der Waals surface area contributed by atoms with Gasteiger partial charge < -0.3 is 20.4 Å². The maximum absolute atomic E-state index is 13.3. The normalized spacial score (nSPS) is 11.3. The molecule has 28 heavy (non-hydrogen) atoms. The number of hydrogen-bond acceptors (Lipinski definition) is 2. The Morgan fingerprint density at radius 1 is 1.11 bits per heavy atom. The Morgan fingerprint density at radius 2 is 1.89 bits per heavy atom. The van der Waals surface area contributed by atoms with E-state index in [1.807, 2.05) is 24.4 Å². The Labute approximate surface area is 181 Å². The van der Waals surface area contributed by atoms with Crippen LogP contribution in [0.2, 0.25) is 0 Å². The van der Waals surface area contributed by atoms with Crippen LogP contribution in [-0.2, 0) is 24.3 Å². The topological polar surface area (TPSA) is 61.4 Å². The molecule has 0 saturated heterocycles. The molecule has 0 radical (unpaired) electrons. The monoisotopic (exact) mass is 496 g/mol. The molecule has 1 aromatic heterocycles. The van der Waals surface area contributed by atoms with Crippen molar-refractivity contribution in [1.29, 1.82) is 0 Å². The van der Waals surface area contributed by atoms with E-state index in [1.54, 1.807) is 14.2 Å². The summed E-state index contributed by atoms with van der Waals surface area (Å²) in [4.78, 5) is 7.40. The summed E-state index contributed by atoms with van der Waals surface area (Å²) in [7, 11) is 3.45. The van der Waals surface area contributed by atoms with Crippen molar-refractivity contribution in [3.63, 3.8) is 0 Å². The zero-order valence-corrected chi connectivity index (χ0v) is 18.4. The summed E-state index contributed by atoms with van der Waals surface area (Å²) in [5.41, 5.74) is 4.32. The Bertz CT molecular complexity index is 926. The van der Waals surface area contributed by atoms with Crippen molar-refractivity contribution in [1.82, 2.24) is 15.6 Å². The Morgan fingerprint density at radius 3 is 2.64 bits per heavy atom. The van der Waals surface area contributed by atoms with Gasteiger partial charge in [0.2, 0.25) is 0 Å². The van der Waals surface area contributed by atoms with E-state index in [2.05, 4.69) is 32.7 Å². The second-order valence-electron chi connectivity index (χ2n) is 6.31. The van der Waals surface area contributed by atoms with Crippen LogP contribution in [0.15, 0.2) is 53.7 Å². The molecule has 0 atom stereocenters. The first kappa shape index (κ1) is 22.2. The summed E-state index contributed by atoms with van der Waals surface area (Å²) in [6, 6.07) is 13.0. The second-order valence-corrected chi connectivity index (χ2v) is 6.31. The van der Waals surface area contributed by atoms with Crippen LogP contribution in [-0.4, -0.2) is 31.6 Å². The maximum atomic E-state index is 13.3. The molecule has 3 N–H and O–H groups in total. The van der Waals surface area contributed by atoms with Crippen molar-refractivity contribution in [2.24, 2.45) is 4.99 Å². The first-order valence-corrected chi connectivity index (χ1v) is 8.97. The van der Waals surface area contributed by atoms with E-state index in [4.69, 9.17) is 4.74 Å². The number of hydrogen-bond donors (Lipinski definition) is 3. The molecule has 0 aliphatic heterocycles. The second kappa shape index (κ2) is 11.0. The standard InChI is InChI=1S/C21H25FN4O.HI/c1-23-21(26-12-15-5-3-4-6-17(15)14-27-2)24-10-9-16-13-25-20-11-18(22)7-8-19(16)20;/h3-8,11,13,25H,9-10,12,14H2,1-2H3,(H2,23,24,26);1H. The lowest BCUT2D eigenvalue weighted by atomic mass is 10.1. The average molecular weight is 496 g/mol. The van der Waals surface area contributed by atoms with Crippen molar-refractivity contribution in [3.8, 4) is 0 Å². The highest BCUT2D eigenvalue weighted by Crippen LogP contribution is 2.19. The summed E-state index contributed by atoms with van der Waals surface area (Å²) >= 11 is 0. The van der Waals surface area contributed by atoms with Crippen LogP contribution >= 0.6 is 24.0 Å². The van der Waals surface area contributed by atoms with E-state index in [9.17, 15) is 4.39 Å². The van der Waals surface area contributed by atoms with Gasteiger partial charge in [-0.2, -0.15) is 0 Å². The molecule has 7 heteroatoms. The molecule has 0 bridgehead atoms. The molecule has 0 amide bonds. The number of fused-ring (bicyclic) bond motifs is 1. The molecule has 150 valence electrons. The summed E-state index contributed by atoms with van der Waals surface area (Å²) in [6.07, 6.45) is 2.75. The number of H-pyrrole nitrogens is 1. The van der Waals surface area contributed by atoms with Crippen LogP contribution in [0.3, 0.4) is 0 Å². The van der Waals surface area contributed by atoms with Gasteiger partial charge in [-0.25, -0.2) is 4.39 Å². The zero-order chi connectivity index (χ0) is 19.1. The smallest absolute Gasteiger partial charge is 0.191 e. The van der Waals surface area contributed by atoms with Crippen molar-refractivity contribution in [2.45, 2.75) is 19.6 Å². The number of benzene rings is 2. The number of aliphatic imine (C=N–C) groups is 1. The minimum absolute atomic E-state index is 0. The number of nitrogens with zero attached hydrogens (tertiary/aromatic N) is 1. The average Bonchev–Trinajstić information content (AvgIpc) is 3.07. The van der Waals surface area contributed by atoms with Gasteiger partial charge in [-0.1, -0.05) is 24.3 Å². The van der Waals surface area contributed by atoms with Gasteiger partial charge in [0.15, 0.2) is 5.96 Å². The highest BCUT2D eigenvalue weighted by molar-refractivity contribution is 14.0. The number of halogens is 2. The summed E-state index contributed by atoms with van der Waals surface area (Å²) in [5, 5.41) is 7.71. The molecule has 0 saturated carbocycles. The van der Waals surface area contributed by atoms with Crippen molar-refractivity contribution < 1.29 is 9.13 Å². The quantitative estimate of drug-likeness (QED) is 0.264. The maximum Gasteiger partial charge on any atom is 0.191 e. The van der Waals surface area contributed by atoms with E-state index < -0.39 is 0 Å². The number of nitrogens with one attached hydrogen (secondary N) is 3. The van der Waals surface area contributed by atoms with E-state index in [1.165, 1.54) is 17.7 Å². The molecule has 0 fully saturated rings. The largest absolute Gasteiger partial charge is 0.380 e. The number of aromatic amines is 1. The van der Waals surface area contributed by atoms with Gasteiger partial charge in [-0.05, 0) is 41.3 Å². The fourth-order valence-electron chi connectivity index (χ4n) is 3.11. The number of aromatic nitrogens is 1. The lowest BCUT2D eigenvalue weighted by Crippen LogP contribution is -2.38. The molecule has 0 aliphatic rings. The first-order valence-electron chi connectivity index (χ1n) is 8.97. The van der Waals surface area contributed by atoms with E-state index in [-0.39, 0.29) is 29.8 Å². The Kier molecular flexibility index (Phi) is 8.72. The molecule has 5 nitrogen and oxygen atoms in total. The Hall–Kier alpha value is -2.13. The third-order valence-electron chi connectivity index (χ3n) is 4.50. The fourth-order valence-corrected chi connectivity index (χ4v) is 3.11. The summed E-state index contributed by atoms with van der Waals surface area (Å²) in [5.74, 6) is 0.514. The summed E-state index contributed by atoms with van der Waals surface area (Å²) < 4.78 is 18.5. The minimum Gasteiger partial charge on any atom is -0.380 e. The zero-order valence-electron chi connectivity index (χ0n) is 16.1. The first-order chi connectivity index (χ1) is 13.2. The van der Waals surface area contributed by atoms with Crippen molar-refractivity contribution in [2.75, 3.05) is 20.7 Å². The van der Waals surface area contributed by atoms with Crippen LogP contribution in [0.25, 0.3) is 10.9 Å². The summed E-state index contributed by atoms with van der Waals surface area (Å²) in [6.45, 7) is 1.99. The molecule has 0 aliphatic carbocycles. The lowest BCUT2D eigenvalue weighted by molar-refractivity contribution is 0.184. The molecule has 1 heterocycles. The van der Waals surface area contributed by atoms with Crippen LogP contribution in [0.4, 0.5) is 4.39 Å². The predicted octanol–water partition coefficient (Wildman–Crippen LogP) is 3.98. The molecular formula is C21H26FIN4O. The third-order valence-corrected chi connectivity index (χ3v) is 4.50. The molecule has 3 rings (SSSR count). The third kappa shape index (κ3) is 5.68. The molecule has 2 aromatic carbocycles. The number of guanidine groups is 1. The van der Waals surface area contributed by atoms with Crippen molar-refractivity contribution in [3.05, 3.63) is 71.2 Å². The predicted molar refractivity (Wildman–Crippen MR) is 123 cm³/mol. The van der Waals surface area contributed by atoms with Gasteiger partial charge in [-0.15, -0.1) is 24.0 Å². The van der Waals surface area contributed by atoms with Gasteiger partial charge in [0.1, 0.15) is 5.82 Å². The number of methoxy groups -OCH3 is 1. The van der Waals surface area contributed by atoms with Gasteiger partial charge in [0, 0.05) is 44.3 Å². The van der Waals surface area contributed by atoms with Gasteiger partial charge in [-0.3, -0.25) is 4.99 Å². The lowest BCUT2D eigenvalue weighted by Gasteiger charge is -2.14. The van der Waals surface area contributed by atoms with E-state index >= 15 is 0 Å². The van der Waals surface area contributed by atoms with Crippen LogP contribution in [0.5, 0.6) is 0 Å². The van der Waals surface area contributed by atoms with Crippen molar-refractivity contribution >= 4 is 40.8 Å². The molecular weight excluding hydrogens is 470 g/mol. The number of rotatable bonds is 7. The minimum atomic E-state index is -0.229. The van der Waals surface area contributed by atoms with E-state index in [0.717, 1.165) is 41.0 Å². The number of ether oxygens (including phenoxy) is 1. The van der Waals surface area contributed by atoms with E-state index in [0.29, 0.717) is 13.2 Å². The van der Waals surface area contributed by atoms with Crippen LogP contribution < -0.4 is 10.6 Å². The van der Waals surface area contributed by atoms with Crippen LogP contribution in [0.1, 0.15) is 16.7 Å². The van der Waals surface area contributed by atoms with Gasteiger partial charge in [0.05, 0.1) is 6.61 Å². The SMILES string of the molecule is CN=C(NCCc1c[nH]c2cc(F)ccc12)NCc1ccccc1COC.I. The van der Waals surface area contributed by atoms with Gasteiger partial charge >= 0.3 is 0 Å². The fraction of sp³-hybridized carbons (Fsp3) is 0.286. The Balaban J connectivity index is 0.00000280. The molecule has 0 spiro atoms. The highest BCUT2D eigenvalue weighted by atomic mass is 127. The highest BCUT2D eigenvalue weighted by Gasteiger charge is 2.06. The molecule has 3 aromatic rings. The molecule has 0 unspecified atom stereocenters.